The lowest BCUT2D eigenvalue weighted by molar-refractivity contribution is 0.214. The molecule has 0 bridgehead atoms. The molecule has 130 valence electrons. The van der Waals surface area contributed by atoms with Crippen molar-refractivity contribution in [3.63, 3.8) is 0 Å². The normalized spacial score (nSPS) is 12.8. The second kappa shape index (κ2) is 8.43. The summed E-state index contributed by atoms with van der Waals surface area (Å²) in [5.74, 6) is -1.01. The maximum absolute atomic E-state index is 13.3. The first kappa shape index (κ1) is 18.7. The predicted octanol–water partition coefficient (Wildman–Crippen LogP) is 5.51. The summed E-state index contributed by atoms with van der Waals surface area (Å²) in [5.41, 5.74) is 2.48. The predicted molar refractivity (Wildman–Crippen MR) is 94.8 cm³/mol. The standard InChI is InChI=1S/C18H23FNO3P/c1-4-22-24(21,23-5-2)18(15-8-6-7-14(3)13-15)20-17-11-9-16(19)10-12-17/h6-13,18,20H,4-5H2,1-3H3/t18-/m0/s1. The minimum absolute atomic E-state index is 0.269. The Hall–Kier alpha value is -1.68. The van der Waals surface area contributed by atoms with E-state index in [9.17, 15) is 8.96 Å². The first-order valence-corrected chi connectivity index (χ1v) is 9.57. The van der Waals surface area contributed by atoms with Gasteiger partial charge in [-0.15, -0.1) is 0 Å². The lowest BCUT2D eigenvalue weighted by Crippen LogP contribution is -2.15. The molecule has 2 rings (SSSR count). The molecule has 0 spiro atoms. The molecule has 1 atom stereocenters. The van der Waals surface area contributed by atoms with E-state index < -0.39 is 13.4 Å². The Morgan fingerprint density at radius 3 is 2.25 bits per heavy atom. The first-order chi connectivity index (χ1) is 11.5. The Balaban J connectivity index is 2.43. The number of halogens is 1. The number of benzene rings is 2. The van der Waals surface area contributed by atoms with Gasteiger partial charge in [0.2, 0.25) is 0 Å². The number of rotatable bonds is 8. The van der Waals surface area contributed by atoms with Crippen LogP contribution in [0.5, 0.6) is 0 Å². The van der Waals surface area contributed by atoms with Crippen molar-refractivity contribution in [1.29, 1.82) is 0 Å². The molecule has 0 aliphatic heterocycles. The van der Waals surface area contributed by atoms with Crippen LogP contribution < -0.4 is 5.32 Å². The molecule has 0 saturated carbocycles. The Morgan fingerprint density at radius 1 is 1.08 bits per heavy atom. The van der Waals surface area contributed by atoms with E-state index in [1.54, 1.807) is 26.0 Å². The quantitative estimate of drug-likeness (QED) is 0.637. The van der Waals surface area contributed by atoms with Crippen LogP contribution in [0.1, 0.15) is 30.8 Å². The van der Waals surface area contributed by atoms with Crippen LogP contribution in [-0.2, 0) is 13.6 Å². The van der Waals surface area contributed by atoms with Crippen molar-refractivity contribution in [2.45, 2.75) is 26.6 Å². The molecule has 1 N–H and O–H groups in total. The molecule has 24 heavy (non-hydrogen) atoms. The van der Waals surface area contributed by atoms with Crippen molar-refractivity contribution in [1.82, 2.24) is 0 Å². The molecule has 0 aliphatic carbocycles. The van der Waals surface area contributed by atoms with Gasteiger partial charge in [0.15, 0.2) is 5.78 Å². The van der Waals surface area contributed by atoms with Gasteiger partial charge < -0.3 is 14.4 Å². The highest BCUT2D eigenvalue weighted by molar-refractivity contribution is 7.54. The zero-order valence-corrected chi connectivity index (χ0v) is 15.1. The van der Waals surface area contributed by atoms with Gasteiger partial charge in [0.05, 0.1) is 13.2 Å². The van der Waals surface area contributed by atoms with Crippen molar-refractivity contribution in [3.05, 3.63) is 65.5 Å². The van der Waals surface area contributed by atoms with Gasteiger partial charge in [-0.3, -0.25) is 4.57 Å². The van der Waals surface area contributed by atoms with Crippen LogP contribution in [0.4, 0.5) is 10.1 Å². The van der Waals surface area contributed by atoms with E-state index in [1.165, 1.54) is 12.1 Å². The van der Waals surface area contributed by atoms with Gasteiger partial charge in [0.1, 0.15) is 5.82 Å². The van der Waals surface area contributed by atoms with Crippen LogP contribution in [-0.4, -0.2) is 13.2 Å². The molecular weight excluding hydrogens is 328 g/mol. The molecular formula is C18H23FNO3P. The highest BCUT2D eigenvalue weighted by Gasteiger charge is 2.37. The molecule has 2 aromatic rings. The average Bonchev–Trinajstić information content (AvgIpc) is 2.54. The molecule has 0 amide bonds. The van der Waals surface area contributed by atoms with Crippen LogP contribution in [0.2, 0.25) is 0 Å². The topological polar surface area (TPSA) is 47.6 Å². The Kier molecular flexibility index (Phi) is 6.55. The van der Waals surface area contributed by atoms with Crippen LogP contribution in [0.3, 0.4) is 0 Å². The summed E-state index contributed by atoms with van der Waals surface area (Å²) in [6, 6.07) is 13.6. The van der Waals surface area contributed by atoms with Crippen molar-refractivity contribution in [2.75, 3.05) is 18.5 Å². The molecule has 0 saturated heterocycles. The summed E-state index contributed by atoms with van der Waals surface area (Å²) in [6.45, 7) is 6.05. The second-order valence-corrected chi connectivity index (χ2v) is 7.46. The molecule has 0 fully saturated rings. The number of hydrogen-bond acceptors (Lipinski definition) is 4. The van der Waals surface area contributed by atoms with E-state index in [4.69, 9.17) is 9.05 Å². The van der Waals surface area contributed by atoms with Crippen molar-refractivity contribution in [2.24, 2.45) is 0 Å². The van der Waals surface area contributed by atoms with E-state index in [0.717, 1.165) is 11.1 Å². The molecule has 2 aromatic carbocycles. The minimum Gasteiger partial charge on any atom is -0.368 e. The summed E-state index contributed by atoms with van der Waals surface area (Å²) in [6.07, 6.45) is 0. The van der Waals surface area contributed by atoms with Gasteiger partial charge in [-0.05, 0) is 50.6 Å². The van der Waals surface area contributed by atoms with E-state index >= 15 is 0 Å². The number of hydrogen-bond donors (Lipinski definition) is 1. The third-order valence-corrected chi connectivity index (χ3v) is 5.74. The van der Waals surface area contributed by atoms with Gasteiger partial charge in [-0.25, -0.2) is 4.39 Å². The fourth-order valence-electron chi connectivity index (χ4n) is 2.44. The third-order valence-electron chi connectivity index (χ3n) is 3.44. The monoisotopic (exact) mass is 351 g/mol. The summed E-state index contributed by atoms with van der Waals surface area (Å²) in [5, 5.41) is 3.18. The lowest BCUT2D eigenvalue weighted by Gasteiger charge is -2.28. The maximum atomic E-state index is 13.3. The van der Waals surface area contributed by atoms with Gasteiger partial charge in [-0.1, -0.05) is 29.8 Å². The Morgan fingerprint density at radius 2 is 1.71 bits per heavy atom. The fraction of sp³-hybridized carbons (Fsp3) is 0.333. The van der Waals surface area contributed by atoms with Gasteiger partial charge in [0, 0.05) is 5.69 Å². The summed E-state index contributed by atoms with van der Waals surface area (Å²) >= 11 is 0. The fourth-order valence-corrected chi connectivity index (χ4v) is 4.36. The molecule has 0 aromatic heterocycles. The smallest absolute Gasteiger partial charge is 0.357 e. The van der Waals surface area contributed by atoms with Crippen molar-refractivity contribution >= 4 is 13.3 Å². The van der Waals surface area contributed by atoms with Gasteiger partial charge in [-0.2, -0.15) is 0 Å². The molecule has 0 unspecified atom stereocenters. The van der Waals surface area contributed by atoms with Gasteiger partial charge >= 0.3 is 7.60 Å². The van der Waals surface area contributed by atoms with Crippen LogP contribution in [0.15, 0.2) is 48.5 Å². The van der Waals surface area contributed by atoms with Gasteiger partial charge in [0.25, 0.3) is 0 Å². The first-order valence-electron chi connectivity index (χ1n) is 7.96. The average molecular weight is 351 g/mol. The molecule has 4 nitrogen and oxygen atoms in total. The zero-order chi connectivity index (χ0) is 17.6. The third kappa shape index (κ3) is 4.67. The summed E-state index contributed by atoms with van der Waals surface area (Å²) in [4.78, 5) is 0. The largest absolute Gasteiger partial charge is 0.368 e. The van der Waals surface area contributed by atoms with Crippen LogP contribution >= 0.6 is 7.60 Å². The van der Waals surface area contributed by atoms with E-state index in [1.807, 2.05) is 31.2 Å². The maximum Gasteiger partial charge on any atom is 0.357 e. The lowest BCUT2D eigenvalue weighted by atomic mass is 10.1. The van der Waals surface area contributed by atoms with Crippen molar-refractivity contribution in [3.8, 4) is 0 Å². The highest BCUT2D eigenvalue weighted by Crippen LogP contribution is 2.60. The summed E-state index contributed by atoms with van der Waals surface area (Å²) < 4.78 is 37.5. The highest BCUT2D eigenvalue weighted by atomic mass is 31.2. The van der Waals surface area contributed by atoms with Crippen LogP contribution in [0.25, 0.3) is 0 Å². The second-order valence-electron chi connectivity index (χ2n) is 5.34. The van der Waals surface area contributed by atoms with E-state index in [-0.39, 0.29) is 19.0 Å². The van der Waals surface area contributed by atoms with E-state index in [0.29, 0.717) is 5.69 Å². The molecule has 0 aliphatic rings. The van der Waals surface area contributed by atoms with Crippen LogP contribution in [0, 0.1) is 12.7 Å². The Labute approximate surface area is 142 Å². The molecule has 0 radical (unpaired) electrons. The number of anilines is 1. The molecule has 6 heteroatoms. The van der Waals surface area contributed by atoms with Crippen molar-refractivity contribution < 1.29 is 18.0 Å². The number of aryl methyl sites for hydroxylation is 1. The molecule has 0 heterocycles. The SMILES string of the molecule is CCOP(=O)(OCC)[C@H](Nc1ccc(F)cc1)c1cccc(C)c1. The number of nitrogens with one attached hydrogen (secondary N) is 1. The minimum atomic E-state index is -3.45. The summed E-state index contributed by atoms with van der Waals surface area (Å²) in [7, 11) is -3.45. The van der Waals surface area contributed by atoms with E-state index in [2.05, 4.69) is 5.32 Å². The Bertz CT molecular complexity index is 696. The zero-order valence-electron chi connectivity index (χ0n) is 14.2.